The molecule has 0 spiro atoms. The molecular weight excluding hydrogens is 210 g/mol. The predicted octanol–water partition coefficient (Wildman–Crippen LogP) is 2.35. The van der Waals surface area contributed by atoms with Gasteiger partial charge in [0.25, 0.3) is 0 Å². The van der Waals surface area contributed by atoms with E-state index in [2.05, 4.69) is 31.2 Å². The first-order valence-corrected chi connectivity index (χ1v) is 5.75. The van der Waals surface area contributed by atoms with Crippen molar-refractivity contribution in [2.75, 3.05) is 13.1 Å². The topological polar surface area (TPSA) is 29.9 Å². The molecule has 0 atom stereocenters. The zero-order valence-corrected chi connectivity index (χ0v) is 10.7. The largest absolute Gasteiger partial charge is 0.317 e. The van der Waals surface area contributed by atoms with Gasteiger partial charge in [-0.1, -0.05) is 32.4 Å². The molecule has 86 valence electrons. The van der Waals surface area contributed by atoms with E-state index < -0.39 is 0 Å². The molecule has 1 heterocycles. The lowest BCUT2D eigenvalue weighted by Gasteiger charge is -2.25. The van der Waals surface area contributed by atoms with E-state index in [-0.39, 0.29) is 5.41 Å². The maximum Gasteiger partial charge on any atom is 0.0823 e. The summed E-state index contributed by atoms with van der Waals surface area (Å²) in [4.78, 5) is 0. The molecule has 0 saturated carbocycles. The third-order valence-corrected chi connectivity index (χ3v) is 2.99. The van der Waals surface area contributed by atoms with E-state index in [1.54, 1.807) is 6.20 Å². The van der Waals surface area contributed by atoms with E-state index in [4.69, 9.17) is 11.6 Å². The summed E-state index contributed by atoms with van der Waals surface area (Å²) in [7, 11) is 1.94. The number of nitrogens with one attached hydrogen (secondary N) is 1. The summed E-state index contributed by atoms with van der Waals surface area (Å²) in [5.74, 6) is 0. The monoisotopic (exact) mass is 229 g/mol. The van der Waals surface area contributed by atoms with Crippen LogP contribution >= 0.6 is 11.6 Å². The van der Waals surface area contributed by atoms with Crippen LogP contribution in [0, 0.1) is 0 Å². The Morgan fingerprint density at radius 1 is 1.53 bits per heavy atom. The zero-order chi connectivity index (χ0) is 11.5. The Morgan fingerprint density at radius 3 is 2.67 bits per heavy atom. The Bertz CT molecular complexity index is 298. The average Bonchev–Trinajstić information content (AvgIpc) is 2.46. The minimum atomic E-state index is 0.0600. The highest BCUT2D eigenvalue weighted by Gasteiger charge is 2.26. The Morgan fingerprint density at radius 2 is 2.20 bits per heavy atom. The first-order chi connectivity index (χ1) is 6.99. The number of aryl methyl sites for hydroxylation is 1. The fourth-order valence-electron chi connectivity index (χ4n) is 1.87. The predicted molar refractivity (Wildman–Crippen MR) is 64.4 cm³/mol. The number of halogens is 1. The van der Waals surface area contributed by atoms with Crippen molar-refractivity contribution in [2.24, 2.45) is 7.05 Å². The Balaban J connectivity index is 2.76. The van der Waals surface area contributed by atoms with Gasteiger partial charge in [-0.05, 0) is 19.5 Å². The molecule has 4 heteroatoms. The highest BCUT2D eigenvalue weighted by molar-refractivity contribution is 6.31. The van der Waals surface area contributed by atoms with Crippen molar-refractivity contribution in [3.8, 4) is 0 Å². The lowest BCUT2D eigenvalue weighted by Crippen LogP contribution is -2.27. The molecule has 1 aromatic rings. The summed E-state index contributed by atoms with van der Waals surface area (Å²) in [6.45, 7) is 8.53. The number of rotatable bonds is 5. The maximum absolute atomic E-state index is 6.14. The van der Waals surface area contributed by atoms with Crippen molar-refractivity contribution in [2.45, 2.75) is 32.6 Å². The van der Waals surface area contributed by atoms with E-state index in [9.17, 15) is 0 Å². The van der Waals surface area contributed by atoms with Crippen LogP contribution in [0.4, 0.5) is 0 Å². The van der Waals surface area contributed by atoms with E-state index in [1.165, 1.54) is 0 Å². The van der Waals surface area contributed by atoms with Gasteiger partial charge in [0.2, 0.25) is 0 Å². The second-order valence-corrected chi connectivity index (χ2v) is 4.86. The number of aromatic nitrogens is 2. The van der Waals surface area contributed by atoms with E-state index in [1.807, 2.05) is 11.7 Å². The Kier molecular flexibility index (Phi) is 4.17. The minimum absolute atomic E-state index is 0.0600. The van der Waals surface area contributed by atoms with Crippen LogP contribution in [0.2, 0.25) is 5.02 Å². The van der Waals surface area contributed by atoms with E-state index >= 15 is 0 Å². The maximum atomic E-state index is 6.14. The molecule has 0 amide bonds. The lowest BCUT2D eigenvalue weighted by molar-refractivity contribution is 0.428. The molecule has 0 aliphatic heterocycles. The van der Waals surface area contributed by atoms with Crippen LogP contribution in [-0.2, 0) is 12.5 Å². The number of hydrogen-bond donors (Lipinski definition) is 1. The molecule has 0 radical (unpaired) electrons. The summed E-state index contributed by atoms with van der Waals surface area (Å²) in [6, 6.07) is 0. The molecular formula is C11H20ClN3. The average molecular weight is 230 g/mol. The summed E-state index contributed by atoms with van der Waals surface area (Å²) in [6.07, 6.45) is 2.77. The van der Waals surface area contributed by atoms with Crippen LogP contribution in [0.15, 0.2) is 6.20 Å². The summed E-state index contributed by atoms with van der Waals surface area (Å²) in [5.41, 5.74) is 1.17. The van der Waals surface area contributed by atoms with Gasteiger partial charge in [-0.25, -0.2) is 0 Å². The van der Waals surface area contributed by atoms with Crippen molar-refractivity contribution >= 4 is 11.6 Å². The molecule has 1 rings (SSSR count). The summed E-state index contributed by atoms with van der Waals surface area (Å²) in [5, 5.41) is 8.27. The second-order valence-electron chi connectivity index (χ2n) is 4.45. The Hall–Kier alpha value is -0.540. The molecule has 0 aliphatic carbocycles. The van der Waals surface area contributed by atoms with E-state index in [0.29, 0.717) is 0 Å². The zero-order valence-electron chi connectivity index (χ0n) is 9.97. The standard InChI is InChI=1S/C11H20ClN3/c1-5-13-7-6-11(2,3)10-9(12)8-14-15(10)4/h8,13H,5-7H2,1-4H3. The van der Waals surface area contributed by atoms with Gasteiger partial charge in [0.15, 0.2) is 0 Å². The highest BCUT2D eigenvalue weighted by atomic mass is 35.5. The van der Waals surface area contributed by atoms with E-state index in [0.717, 1.165) is 30.2 Å². The quantitative estimate of drug-likeness (QED) is 0.786. The van der Waals surface area contributed by atoms with Crippen LogP contribution in [0.3, 0.4) is 0 Å². The smallest absolute Gasteiger partial charge is 0.0823 e. The van der Waals surface area contributed by atoms with Crippen LogP contribution in [-0.4, -0.2) is 22.9 Å². The van der Waals surface area contributed by atoms with Crippen molar-refractivity contribution in [3.63, 3.8) is 0 Å². The fourth-order valence-corrected chi connectivity index (χ4v) is 2.29. The summed E-state index contributed by atoms with van der Waals surface area (Å²) >= 11 is 6.14. The first kappa shape index (κ1) is 12.5. The van der Waals surface area contributed by atoms with Gasteiger partial charge >= 0.3 is 0 Å². The Labute approximate surface area is 96.8 Å². The van der Waals surface area contributed by atoms with Crippen molar-refractivity contribution in [3.05, 3.63) is 16.9 Å². The van der Waals surface area contributed by atoms with Gasteiger partial charge in [0, 0.05) is 12.5 Å². The molecule has 0 aliphatic rings. The van der Waals surface area contributed by atoms with Gasteiger partial charge in [0.1, 0.15) is 0 Å². The minimum Gasteiger partial charge on any atom is -0.317 e. The van der Waals surface area contributed by atoms with Crippen LogP contribution in [0.1, 0.15) is 32.9 Å². The van der Waals surface area contributed by atoms with Gasteiger partial charge in [-0.2, -0.15) is 5.10 Å². The van der Waals surface area contributed by atoms with Crippen molar-refractivity contribution in [1.29, 1.82) is 0 Å². The van der Waals surface area contributed by atoms with Gasteiger partial charge in [-0.3, -0.25) is 4.68 Å². The molecule has 0 aromatic carbocycles. The van der Waals surface area contributed by atoms with Crippen molar-refractivity contribution < 1.29 is 0 Å². The van der Waals surface area contributed by atoms with Crippen LogP contribution < -0.4 is 5.32 Å². The van der Waals surface area contributed by atoms with Gasteiger partial charge in [0.05, 0.1) is 16.9 Å². The van der Waals surface area contributed by atoms with Crippen LogP contribution in [0.25, 0.3) is 0 Å². The van der Waals surface area contributed by atoms with Crippen LogP contribution in [0.5, 0.6) is 0 Å². The molecule has 1 aromatic heterocycles. The molecule has 0 bridgehead atoms. The number of hydrogen-bond acceptors (Lipinski definition) is 2. The second kappa shape index (κ2) is 4.99. The molecule has 0 fully saturated rings. The fraction of sp³-hybridized carbons (Fsp3) is 0.727. The third-order valence-electron chi connectivity index (χ3n) is 2.71. The normalized spacial score (nSPS) is 12.1. The van der Waals surface area contributed by atoms with Gasteiger partial charge < -0.3 is 5.32 Å². The molecule has 0 unspecified atom stereocenters. The SMILES string of the molecule is CCNCCC(C)(C)c1c(Cl)cnn1C. The molecule has 0 saturated heterocycles. The molecule has 3 nitrogen and oxygen atoms in total. The van der Waals surface area contributed by atoms with Crippen molar-refractivity contribution in [1.82, 2.24) is 15.1 Å². The summed E-state index contributed by atoms with van der Waals surface area (Å²) < 4.78 is 1.87. The van der Waals surface area contributed by atoms with Gasteiger partial charge in [-0.15, -0.1) is 0 Å². The highest BCUT2D eigenvalue weighted by Crippen LogP contribution is 2.31. The first-order valence-electron chi connectivity index (χ1n) is 5.37. The third kappa shape index (κ3) is 2.95. The molecule has 1 N–H and O–H groups in total. The molecule has 15 heavy (non-hydrogen) atoms. The number of nitrogens with zero attached hydrogens (tertiary/aromatic N) is 2. The lowest BCUT2D eigenvalue weighted by atomic mass is 9.85.